The molecule has 0 bridgehead atoms. The predicted molar refractivity (Wildman–Crippen MR) is 109 cm³/mol. The molecule has 0 aliphatic rings. The Kier molecular flexibility index (Phi) is 4.87. The van der Waals surface area contributed by atoms with Gasteiger partial charge in [0, 0.05) is 6.54 Å². The molecular formula is C20H18N4O3S. The molecule has 2 heterocycles. The molecule has 0 atom stereocenters. The third kappa shape index (κ3) is 3.27. The van der Waals surface area contributed by atoms with Crippen LogP contribution >= 0.6 is 11.8 Å². The molecule has 4 aromatic rings. The second kappa shape index (κ2) is 7.47. The van der Waals surface area contributed by atoms with Crippen LogP contribution < -0.4 is 5.56 Å². The Labute approximate surface area is 164 Å². The van der Waals surface area contributed by atoms with Gasteiger partial charge in [0.2, 0.25) is 0 Å². The van der Waals surface area contributed by atoms with Crippen LogP contribution in [-0.4, -0.2) is 32.6 Å². The van der Waals surface area contributed by atoms with Gasteiger partial charge in [0.25, 0.3) is 5.56 Å². The number of methoxy groups -OCH3 is 1. The summed E-state index contributed by atoms with van der Waals surface area (Å²) in [7, 11) is 1.32. The fraction of sp³-hybridized carbons (Fsp3) is 0.200. The maximum absolute atomic E-state index is 12.9. The van der Waals surface area contributed by atoms with Gasteiger partial charge in [-0.3, -0.25) is 9.36 Å². The number of rotatable bonds is 5. The quantitative estimate of drug-likeness (QED) is 0.317. The van der Waals surface area contributed by atoms with Gasteiger partial charge in [-0.2, -0.15) is 0 Å². The number of nitrogens with one attached hydrogen (secondary N) is 1. The van der Waals surface area contributed by atoms with E-state index in [0.717, 1.165) is 16.9 Å². The largest absolute Gasteiger partial charge is 0.465 e. The molecule has 2 aromatic carbocycles. The monoisotopic (exact) mass is 394 g/mol. The molecule has 0 fully saturated rings. The molecule has 0 saturated heterocycles. The number of ether oxygens (including phenoxy) is 1. The molecule has 142 valence electrons. The number of aromatic amines is 1. The van der Waals surface area contributed by atoms with Crippen molar-refractivity contribution in [2.24, 2.45) is 0 Å². The lowest BCUT2D eigenvalue weighted by Crippen LogP contribution is -2.22. The average Bonchev–Trinajstić information content (AvgIpc) is 3.14. The summed E-state index contributed by atoms with van der Waals surface area (Å²) in [4.78, 5) is 37.1. The van der Waals surface area contributed by atoms with Crippen LogP contribution in [0.5, 0.6) is 0 Å². The molecule has 0 aliphatic carbocycles. The zero-order valence-electron chi connectivity index (χ0n) is 15.4. The van der Waals surface area contributed by atoms with Crippen LogP contribution in [0.3, 0.4) is 0 Å². The van der Waals surface area contributed by atoms with E-state index in [1.54, 1.807) is 22.8 Å². The lowest BCUT2D eigenvalue weighted by molar-refractivity contribution is 0.0601. The first kappa shape index (κ1) is 18.2. The molecule has 8 heteroatoms. The number of H-pyrrole nitrogens is 1. The first-order chi connectivity index (χ1) is 13.6. The van der Waals surface area contributed by atoms with Gasteiger partial charge < -0.3 is 9.72 Å². The number of hydrogen-bond acceptors (Lipinski definition) is 6. The van der Waals surface area contributed by atoms with E-state index in [1.807, 2.05) is 31.2 Å². The Morgan fingerprint density at radius 3 is 2.75 bits per heavy atom. The maximum atomic E-state index is 12.9. The average molecular weight is 394 g/mol. The normalized spacial score (nSPS) is 11.2. The van der Waals surface area contributed by atoms with Crippen LogP contribution in [0.15, 0.2) is 52.4 Å². The zero-order chi connectivity index (χ0) is 19.7. The lowest BCUT2D eigenvalue weighted by Gasteiger charge is -2.11. The molecule has 4 rings (SSSR count). The second-order valence-electron chi connectivity index (χ2n) is 6.16. The SMILES string of the molecule is CCn1c(SCc2nc3ccccc3[nH]2)nc2cc(C(=O)OC)ccc2c1=O. The highest BCUT2D eigenvalue weighted by Gasteiger charge is 2.14. The Balaban J connectivity index is 1.71. The smallest absolute Gasteiger partial charge is 0.337 e. The highest BCUT2D eigenvalue weighted by atomic mass is 32.2. The van der Waals surface area contributed by atoms with Crippen molar-refractivity contribution in [1.29, 1.82) is 0 Å². The molecule has 0 saturated carbocycles. The fourth-order valence-electron chi connectivity index (χ4n) is 3.04. The summed E-state index contributed by atoms with van der Waals surface area (Å²) >= 11 is 1.43. The van der Waals surface area contributed by atoms with Gasteiger partial charge in [-0.25, -0.2) is 14.8 Å². The summed E-state index contributed by atoms with van der Waals surface area (Å²) in [5.74, 6) is 0.898. The summed E-state index contributed by atoms with van der Waals surface area (Å²) in [5.41, 5.74) is 2.59. The second-order valence-corrected chi connectivity index (χ2v) is 7.10. The van der Waals surface area contributed by atoms with E-state index in [2.05, 4.69) is 15.0 Å². The van der Waals surface area contributed by atoms with Crippen LogP contribution in [-0.2, 0) is 17.0 Å². The van der Waals surface area contributed by atoms with E-state index >= 15 is 0 Å². The lowest BCUT2D eigenvalue weighted by atomic mass is 10.1. The zero-order valence-corrected chi connectivity index (χ0v) is 16.2. The molecule has 0 aliphatic heterocycles. The molecule has 1 N–H and O–H groups in total. The number of benzene rings is 2. The van der Waals surface area contributed by atoms with E-state index in [0.29, 0.717) is 33.9 Å². The number of carbonyl (C=O) groups is 1. The van der Waals surface area contributed by atoms with E-state index in [4.69, 9.17) is 4.74 Å². The Bertz CT molecular complexity index is 1210. The van der Waals surface area contributed by atoms with Crippen molar-refractivity contribution in [1.82, 2.24) is 19.5 Å². The minimum Gasteiger partial charge on any atom is -0.465 e. The third-order valence-corrected chi connectivity index (χ3v) is 5.42. The minimum absolute atomic E-state index is 0.129. The minimum atomic E-state index is -0.458. The molecular weight excluding hydrogens is 376 g/mol. The number of thioether (sulfide) groups is 1. The number of carbonyl (C=O) groups excluding carboxylic acids is 1. The van der Waals surface area contributed by atoms with Gasteiger partial charge in [-0.05, 0) is 37.3 Å². The molecule has 2 aromatic heterocycles. The van der Waals surface area contributed by atoms with E-state index < -0.39 is 5.97 Å². The number of esters is 1. The summed E-state index contributed by atoms with van der Waals surface area (Å²) < 4.78 is 6.39. The number of hydrogen-bond donors (Lipinski definition) is 1. The van der Waals surface area contributed by atoms with Crippen LogP contribution in [0, 0.1) is 0 Å². The standard InChI is InChI=1S/C20H18N4O3S/c1-3-24-18(25)13-9-8-12(19(26)27-2)10-16(13)23-20(24)28-11-17-21-14-6-4-5-7-15(14)22-17/h4-10H,3,11H2,1-2H3,(H,21,22). The van der Waals surface area contributed by atoms with Crippen molar-refractivity contribution in [3.05, 3.63) is 64.2 Å². The Morgan fingerprint density at radius 2 is 2.00 bits per heavy atom. The third-order valence-electron chi connectivity index (χ3n) is 4.43. The van der Waals surface area contributed by atoms with Crippen LogP contribution in [0.25, 0.3) is 21.9 Å². The van der Waals surface area contributed by atoms with Gasteiger partial charge in [-0.15, -0.1) is 0 Å². The molecule has 0 unspecified atom stereocenters. The molecule has 0 amide bonds. The van der Waals surface area contributed by atoms with Crippen LogP contribution in [0.2, 0.25) is 0 Å². The number of nitrogens with zero attached hydrogens (tertiary/aromatic N) is 3. The van der Waals surface area contributed by atoms with Crippen molar-refractivity contribution in [3.63, 3.8) is 0 Å². The summed E-state index contributed by atoms with van der Waals surface area (Å²) in [6.45, 7) is 2.41. The number of aromatic nitrogens is 4. The van der Waals surface area contributed by atoms with Crippen molar-refractivity contribution in [2.75, 3.05) is 7.11 Å². The number of para-hydroxylation sites is 2. The topological polar surface area (TPSA) is 89.9 Å². The van der Waals surface area contributed by atoms with Gasteiger partial charge in [0.1, 0.15) is 5.82 Å². The first-order valence-corrected chi connectivity index (χ1v) is 9.78. The molecule has 28 heavy (non-hydrogen) atoms. The van der Waals surface area contributed by atoms with Crippen LogP contribution in [0.4, 0.5) is 0 Å². The first-order valence-electron chi connectivity index (χ1n) is 8.80. The number of imidazole rings is 1. The van der Waals surface area contributed by atoms with E-state index in [9.17, 15) is 9.59 Å². The van der Waals surface area contributed by atoms with E-state index in [1.165, 1.54) is 18.9 Å². The van der Waals surface area contributed by atoms with Gasteiger partial charge in [-0.1, -0.05) is 23.9 Å². The predicted octanol–water partition coefficient (Wildman–Crippen LogP) is 3.37. The van der Waals surface area contributed by atoms with Gasteiger partial charge in [0.15, 0.2) is 5.16 Å². The Hall–Kier alpha value is -3.13. The van der Waals surface area contributed by atoms with Crippen molar-refractivity contribution < 1.29 is 9.53 Å². The van der Waals surface area contributed by atoms with Crippen LogP contribution in [0.1, 0.15) is 23.1 Å². The number of fused-ring (bicyclic) bond motifs is 2. The Morgan fingerprint density at radius 1 is 1.18 bits per heavy atom. The van der Waals surface area contributed by atoms with Gasteiger partial charge >= 0.3 is 5.97 Å². The highest BCUT2D eigenvalue weighted by molar-refractivity contribution is 7.98. The fourth-order valence-corrected chi connectivity index (χ4v) is 3.97. The molecule has 0 spiro atoms. The summed E-state index contributed by atoms with van der Waals surface area (Å²) in [5, 5.41) is 1.06. The highest BCUT2D eigenvalue weighted by Crippen LogP contribution is 2.23. The van der Waals surface area contributed by atoms with Gasteiger partial charge in [0.05, 0.1) is 40.4 Å². The van der Waals surface area contributed by atoms with E-state index in [-0.39, 0.29) is 5.56 Å². The summed E-state index contributed by atoms with van der Waals surface area (Å²) in [6, 6.07) is 12.6. The van der Waals surface area contributed by atoms with Crippen molar-refractivity contribution >= 4 is 39.7 Å². The van der Waals surface area contributed by atoms with Crippen molar-refractivity contribution in [2.45, 2.75) is 24.4 Å². The van der Waals surface area contributed by atoms with Crippen molar-refractivity contribution in [3.8, 4) is 0 Å². The maximum Gasteiger partial charge on any atom is 0.337 e. The summed E-state index contributed by atoms with van der Waals surface area (Å²) in [6.07, 6.45) is 0. The molecule has 0 radical (unpaired) electrons. The molecule has 7 nitrogen and oxygen atoms in total.